The van der Waals surface area contributed by atoms with Gasteiger partial charge in [-0.2, -0.15) is 0 Å². The summed E-state index contributed by atoms with van der Waals surface area (Å²) in [5, 5.41) is 0. The van der Waals surface area contributed by atoms with E-state index >= 15 is 0 Å². The zero-order valence-corrected chi connectivity index (χ0v) is 17.1. The van der Waals surface area contributed by atoms with E-state index in [9.17, 15) is 0 Å². The molecule has 0 rings (SSSR count). The Balaban J connectivity index is 3.97. The van der Waals surface area contributed by atoms with Crippen molar-refractivity contribution >= 4 is 16.1 Å². The Hall–Kier alpha value is -0.486. The Kier molecular flexibility index (Phi) is 10.9. The topological polar surface area (TPSA) is 9.23 Å². The van der Waals surface area contributed by atoms with Crippen LogP contribution in [0, 0.1) is 22.9 Å². The highest BCUT2D eigenvalue weighted by Gasteiger charge is 2.16. The highest BCUT2D eigenvalue weighted by atomic mass is 28.3. The molecule has 0 aromatic carbocycles. The molecule has 0 aromatic heterocycles. The van der Waals surface area contributed by atoms with Crippen molar-refractivity contribution in [3.8, 4) is 22.9 Å². The molecule has 0 radical (unpaired) electrons. The van der Waals surface area contributed by atoms with Crippen molar-refractivity contribution in [3.63, 3.8) is 0 Å². The Morgan fingerprint density at radius 3 is 1.43 bits per heavy atom. The third kappa shape index (κ3) is 12.9. The first kappa shape index (κ1) is 20.5. The van der Waals surface area contributed by atoms with Gasteiger partial charge in [0.1, 0.15) is 29.4 Å². The molecule has 0 N–H and O–H groups in total. The van der Waals surface area contributed by atoms with Crippen LogP contribution >= 0.6 is 0 Å². The van der Waals surface area contributed by atoms with E-state index in [0.717, 1.165) is 0 Å². The van der Waals surface area contributed by atoms with Gasteiger partial charge in [0, 0.05) is 0 Å². The predicted octanol–water partition coefficient (Wildman–Crippen LogP) is 5.11. The zero-order valence-electron chi connectivity index (χ0n) is 15.1. The fourth-order valence-corrected chi connectivity index (χ4v) is 5.89. The van der Waals surface area contributed by atoms with E-state index in [2.05, 4.69) is 63.0 Å². The summed E-state index contributed by atoms with van der Waals surface area (Å²) in [7, 11) is -2.62. The molecule has 0 heterocycles. The molecule has 0 aromatic rings. The molecule has 0 amide bonds. The molecule has 0 saturated heterocycles. The van der Waals surface area contributed by atoms with E-state index in [0.29, 0.717) is 13.2 Å². The second-order valence-corrected chi connectivity index (χ2v) is 16.1. The normalized spacial score (nSPS) is 11.3. The van der Waals surface area contributed by atoms with Crippen LogP contribution in [0.3, 0.4) is 0 Å². The first-order valence-electron chi connectivity index (χ1n) is 8.41. The fraction of sp³-hybridized carbons (Fsp3) is 0.778. The van der Waals surface area contributed by atoms with Crippen LogP contribution in [-0.4, -0.2) is 29.4 Å². The minimum absolute atomic E-state index is 0.536. The number of ether oxygens (including phenoxy) is 1. The van der Waals surface area contributed by atoms with Crippen molar-refractivity contribution in [2.24, 2.45) is 0 Å². The van der Waals surface area contributed by atoms with Gasteiger partial charge in [-0.25, -0.2) is 0 Å². The molecule has 1 nitrogen and oxygen atoms in total. The standard InChI is InChI=1S/C18H34OSi2/c1-7-9-15-20(3,4)17-11-13-19-14-12-18-21(5,6)16-10-8-2/h7-10,13-16H2,1-6H3. The van der Waals surface area contributed by atoms with Crippen molar-refractivity contribution in [1.82, 2.24) is 0 Å². The Morgan fingerprint density at radius 2 is 1.10 bits per heavy atom. The molecule has 120 valence electrons. The van der Waals surface area contributed by atoms with E-state index in [1.807, 2.05) is 0 Å². The van der Waals surface area contributed by atoms with E-state index in [1.54, 1.807) is 0 Å². The summed E-state index contributed by atoms with van der Waals surface area (Å²) in [6, 6.07) is 2.60. The van der Waals surface area contributed by atoms with Gasteiger partial charge in [-0.1, -0.05) is 77.6 Å². The molecular formula is C18H34OSi2. The minimum Gasteiger partial charge on any atom is -0.356 e. The van der Waals surface area contributed by atoms with Gasteiger partial charge in [0.15, 0.2) is 0 Å². The van der Waals surface area contributed by atoms with Crippen LogP contribution in [0.15, 0.2) is 0 Å². The first-order chi connectivity index (χ1) is 9.83. The van der Waals surface area contributed by atoms with Gasteiger partial charge in [0.2, 0.25) is 0 Å². The maximum absolute atomic E-state index is 5.53. The van der Waals surface area contributed by atoms with Gasteiger partial charge >= 0.3 is 0 Å². The summed E-state index contributed by atoms with van der Waals surface area (Å²) < 4.78 is 5.53. The lowest BCUT2D eigenvalue weighted by Gasteiger charge is -2.13. The van der Waals surface area contributed by atoms with Crippen molar-refractivity contribution in [2.75, 3.05) is 13.2 Å². The van der Waals surface area contributed by atoms with Crippen LogP contribution in [-0.2, 0) is 4.74 Å². The molecule has 0 bridgehead atoms. The van der Waals surface area contributed by atoms with Gasteiger partial charge in [0.25, 0.3) is 0 Å². The summed E-state index contributed by atoms with van der Waals surface area (Å²) in [4.78, 5) is 0. The second-order valence-electron chi connectivity index (χ2n) is 7.07. The predicted molar refractivity (Wildman–Crippen MR) is 101 cm³/mol. The van der Waals surface area contributed by atoms with E-state index in [-0.39, 0.29) is 0 Å². The number of unbranched alkanes of at least 4 members (excludes halogenated alkanes) is 2. The summed E-state index contributed by atoms with van der Waals surface area (Å²) in [5.41, 5.74) is 6.91. The Labute approximate surface area is 135 Å². The molecule has 0 spiro atoms. The molecular weight excluding hydrogens is 288 g/mol. The number of hydrogen-bond donors (Lipinski definition) is 0. The van der Waals surface area contributed by atoms with Crippen LogP contribution in [0.25, 0.3) is 0 Å². The highest BCUT2D eigenvalue weighted by molar-refractivity contribution is 6.85. The van der Waals surface area contributed by atoms with Gasteiger partial charge in [-0.15, -0.1) is 11.1 Å². The fourth-order valence-electron chi connectivity index (χ4n) is 2.07. The Morgan fingerprint density at radius 1 is 0.714 bits per heavy atom. The SMILES string of the molecule is CCCC[Si](C)(C)C#CCOCC#C[Si](C)(C)CCCC. The molecule has 0 fully saturated rings. The van der Waals surface area contributed by atoms with E-state index < -0.39 is 16.1 Å². The monoisotopic (exact) mass is 322 g/mol. The van der Waals surface area contributed by atoms with Crippen LogP contribution in [0.1, 0.15) is 39.5 Å². The highest BCUT2D eigenvalue weighted by Crippen LogP contribution is 2.12. The molecule has 0 aliphatic rings. The molecule has 21 heavy (non-hydrogen) atoms. The first-order valence-corrected chi connectivity index (χ1v) is 14.8. The summed E-state index contributed by atoms with van der Waals surface area (Å²) >= 11 is 0. The largest absolute Gasteiger partial charge is 0.356 e. The van der Waals surface area contributed by atoms with Gasteiger partial charge in [-0.3, -0.25) is 0 Å². The van der Waals surface area contributed by atoms with Crippen LogP contribution < -0.4 is 0 Å². The van der Waals surface area contributed by atoms with Gasteiger partial charge < -0.3 is 4.74 Å². The lowest BCUT2D eigenvalue weighted by molar-refractivity contribution is 0.204. The third-order valence-corrected chi connectivity index (χ3v) is 8.43. The lowest BCUT2D eigenvalue weighted by atomic mass is 10.4. The lowest BCUT2D eigenvalue weighted by Crippen LogP contribution is -2.23. The van der Waals surface area contributed by atoms with Crippen molar-refractivity contribution < 1.29 is 4.74 Å². The number of rotatable bonds is 8. The average Bonchev–Trinajstić information content (AvgIpc) is 2.42. The molecule has 3 heteroatoms. The third-order valence-electron chi connectivity index (χ3n) is 3.51. The molecule has 0 aliphatic carbocycles. The maximum Gasteiger partial charge on any atom is 0.132 e. The average molecular weight is 323 g/mol. The van der Waals surface area contributed by atoms with Crippen LogP contribution in [0.4, 0.5) is 0 Å². The Bertz CT molecular complexity index is 353. The quantitative estimate of drug-likeness (QED) is 0.343. The van der Waals surface area contributed by atoms with Gasteiger partial charge in [-0.05, 0) is 12.1 Å². The van der Waals surface area contributed by atoms with Gasteiger partial charge in [0.05, 0.1) is 0 Å². The van der Waals surface area contributed by atoms with Crippen LogP contribution in [0.5, 0.6) is 0 Å². The second kappa shape index (κ2) is 11.1. The summed E-state index contributed by atoms with van der Waals surface area (Å²) in [5.74, 6) is 6.40. The van der Waals surface area contributed by atoms with Crippen molar-refractivity contribution in [1.29, 1.82) is 0 Å². The maximum atomic E-state index is 5.53. The molecule has 0 unspecified atom stereocenters. The summed E-state index contributed by atoms with van der Waals surface area (Å²) in [6.07, 6.45) is 5.14. The van der Waals surface area contributed by atoms with Crippen LogP contribution in [0.2, 0.25) is 38.3 Å². The zero-order chi connectivity index (χ0) is 16.2. The minimum atomic E-state index is -1.31. The van der Waals surface area contributed by atoms with E-state index in [1.165, 1.54) is 37.8 Å². The van der Waals surface area contributed by atoms with Crippen molar-refractivity contribution in [3.05, 3.63) is 0 Å². The molecule has 0 aliphatic heterocycles. The summed E-state index contributed by atoms with van der Waals surface area (Å²) in [6.45, 7) is 14.9. The molecule has 0 saturated carbocycles. The van der Waals surface area contributed by atoms with E-state index in [4.69, 9.17) is 4.74 Å². The van der Waals surface area contributed by atoms with Crippen molar-refractivity contribution in [2.45, 2.75) is 77.8 Å². The molecule has 0 atom stereocenters. The number of hydrogen-bond acceptors (Lipinski definition) is 1. The smallest absolute Gasteiger partial charge is 0.132 e.